The molecule has 2 aromatic rings. The molecule has 2 rings (SSSR count). The first kappa shape index (κ1) is 13.6. The molecule has 2 N–H and O–H groups in total. The van der Waals surface area contributed by atoms with Gasteiger partial charge in [-0.25, -0.2) is 13.2 Å². The van der Waals surface area contributed by atoms with Crippen LogP contribution in [0.4, 0.5) is 13.2 Å². The molecule has 0 saturated heterocycles. The second-order valence-corrected chi connectivity index (χ2v) is 6.47. The van der Waals surface area contributed by atoms with Crippen LogP contribution in [0, 0.1) is 24.4 Å². The van der Waals surface area contributed by atoms with Crippen molar-refractivity contribution >= 4 is 27.3 Å². The van der Waals surface area contributed by atoms with Gasteiger partial charge in [-0.2, -0.15) is 0 Å². The molecule has 0 aliphatic heterocycles. The van der Waals surface area contributed by atoms with Crippen LogP contribution in [0.5, 0.6) is 0 Å². The highest BCUT2D eigenvalue weighted by Crippen LogP contribution is 2.33. The van der Waals surface area contributed by atoms with E-state index in [1.165, 1.54) is 11.3 Å². The molecule has 1 aromatic heterocycles. The van der Waals surface area contributed by atoms with E-state index in [0.29, 0.717) is 0 Å². The summed E-state index contributed by atoms with van der Waals surface area (Å²) in [7, 11) is 0. The Labute approximate surface area is 115 Å². The fraction of sp³-hybridized carbons (Fsp3) is 0.167. The van der Waals surface area contributed by atoms with Gasteiger partial charge in [-0.1, -0.05) is 0 Å². The summed E-state index contributed by atoms with van der Waals surface area (Å²) in [6.07, 6.45) is 0. The minimum Gasteiger partial charge on any atom is -0.320 e. The van der Waals surface area contributed by atoms with Crippen molar-refractivity contribution in [3.05, 3.63) is 55.4 Å². The van der Waals surface area contributed by atoms with Crippen LogP contribution in [0.3, 0.4) is 0 Å². The first-order chi connectivity index (χ1) is 8.40. The van der Waals surface area contributed by atoms with Gasteiger partial charge in [-0.05, 0) is 52.2 Å². The third-order valence-corrected chi connectivity index (χ3v) is 4.20. The molecule has 1 nitrogen and oxygen atoms in total. The summed E-state index contributed by atoms with van der Waals surface area (Å²) < 4.78 is 40.0. The van der Waals surface area contributed by atoms with Crippen LogP contribution in [0.25, 0.3) is 0 Å². The molecule has 0 fully saturated rings. The summed E-state index contributed by atoms with van der Waals surface area (Å²) in [6, 6.07) is 2.96. The molecule has 1 atom stereocenters. The molecule has 0 saturated carbocycles. The number of thiophene rings is 1. The number of benzene rings is 1. The van der Waals surface area contributed by atoms with Gasteiger partial charge < -0.3 is 5.73 Å². The Hall–Kier alpha value is -0.850. The highest BCUT2D eigenvalue weighted by Gasteiger charge is 2.18. The Morgan fingerprint density at radius 1 is 1.17 bits per heavy atom. The SMILES string of the molecule is Cc1sc(Br)cc1C(N)c1cc(F)c(F)c(F)c1. The number of rotatable bonds is 2. The molecule has 0 aliphatic carbocycles. The number of aryl methyl sites for hydroxylation is 1. The number of hydrogen-bond donors (Lipinski definition) is 1. The summed E-state index contributed by atoms with van der Waals surface area (Å²) in [5.74, 6) is -3.94. The molecule has 0 spiro atoms. The van der Waals surface area contributed by atoms with E-state index in [4.69, 9.17) is 5.73 Å². The van der Waals surface area contributed by atoms with Gasteiger partial charge in [0.2, 0.25) is 0 Å². The van der Waals surface area contributed by atoms with E-state index in [1.54, 1.807) is 6.07 Å². The minimum absolute atomic E-state index is 0.208. The van der Waals surface area contributed by atoms with Gasteiger partial charge in [0.05, 0.1) is 9.83 Å². The lowest BCUT2D eigenvalue weighted by atomic mass is 10.00. The topological polar surface area (TPSA) is 26.0 Å². The van der Waals surface area contributed by atoms with Crippen LogP contribution in [0.1, 0.15) is 22.0 Å². The Morgan fingerprint density at radius 3 is 2.17 bits per heavy atom. The van der Waals surface area contributed by atoms with Gasteiger partial charge >= 0.3 is 0 Å². The number of halogens is 4. The van der Waals surface area contributed by atoms with Gasteiger partial charge in [-0.3, -0.25) is 0 Å². The number of hydrogen-bond acceptors (Lipinski definition) is 2. The summed E-state index contributed by atoms with van der Waals surface area (Å²) in [4.78, 5) is 0.944. The molecule has 0 radical (unpaired) electrons. The molecule has 1 aromatic carbocycles. The van der Waals surface area contributed by atoms with Crippen LogP contribution in [-0.4, -0.2) is 0 Å². The Balaban J connectivity index is 2.46. The zero-order valence-electron chi connectivity index (χ0n) is 9.31. The normalized spacial score (nSPS) is 12.8. The average Bonchev–Trinajstić information content (AvgIpc) is 2.63. The van der Waals surface area contributed by atoms with E-state index in [1.807, 2.05) is 6.92 Å². The van der Waals surface area contributed by atoms with Crippen molar-refractivity contribution < 1.29 is 13.2 Å². The van der Waals surface area contributed by atoms with Crippen LogP contribution >= 0.6 is 27.3 Å². The zero-order chi connectivity index (χ0) is 13.4. The monoisotopic (exact) mass is 335 g/mol. The van der Waals surface area contributed by atoms with Gasteiger partial charge in [0.1, 0.15) is 0 Å². The van der Waals surface area contributed by atoms with Gasteiger partial charge in [0.15, 0.2) is 17.5 Å². The maximum atomic E-state index is 13.1. The molecule has 1 unspecified atom stereocenters. The molecule has 1 heterocycles. The first-order valence-electron chi connectivity index (χ1n) is 5.06. The predicted octanol–water partition coefficient (Wildman–Crippen LogP) is 4.28. The van der Waals surface area contributed by atoms with E-state index in [0.717, 1.165) is 26.4 Å². The van der Waals surface area contributed by atoms with Crippen LogP contribution < -0.4 is 5.73 Å². The van der Waals surface area contributed by atoms with Crippen molar-refractivity contribution in [2.45, 2.75) is 13.0 Å². The fourth-order valence-electron chi connectivity index (χ4n) is 1.70. The number of nitrogens with two attached hydrogens (primary N) is 1. The molecule has 0 amide bonds. The average molecular weight is 336 g/mol. The second-order valence-electron chi connectivity index (χ2n) is 3.84. The third-order valence-electron chi connectivity index (χ3n) is 2.63. The standard InChI is InChI=1S/C12H9BrF3NS/c1-5-7(4-10(13)18-5)12(17)6-2-8(14)11(16)9(15)3-6/h2-4,12H,17H2,1H3. The van der Waals surface area contributed by atoms with Crippen LogP contribution in [0.2, 0.25) is 0 Å². The van der Waals surface area contributed by atoms with Gasteiger partial charge in [0.25, 0.3) is 0 Å². The first-order valence-corrected chi connectivity index (χ1v) is 6.67. The van der Waals surface area contributed by atoms with E-state index in [-0.39, 0.29) is 5.56 Å². The molecule has 96 valence electrons. The maximum Gasteiger partial charge on any atom is 0.194 e. The van der Waals surface area contributed by atoms with Gasteiger partial charge in [-0.15, -0.1) is 11.3 Å². The van der Waals surface area contributed by atoms with E-state index < -0.39 is 23.5 Å². The van der Waals surface area contributed by atoms with Crippen LogP contribution in [-0.2, 0) is 0 Å². The Kier molecular flexibility index (Phi) is 3.79. The molecule has 6 heteroatoms. The van der Waals surface area contributed by atoms with E-state index >= 15 is 0 Å². The van der Waals surface area contributed by atoms with Gasteiger partial charge in [0, 0.05) is 4.88 Å². The molecule has 0 bridgehead atoms. The summed E-state index contributed by atoms with van der Waals surface area (Å²) >= 11 is 4.80. The molecular weight excluding hydrogens is 327 g/mol. The molecular formula is C12H9BrF3NS. The van der Waals surface area contributed by atoms with Crippen molar-refractivity contribution in [1.29, 1.82) is 0 Å². The van der Waals surface area contributed by atoms with Crippen molar-refractivity contribution in [3.8, 4) is 0 Å². The highest BCUT2D eigenvalue weighted by molar-refractivity contribution is 9.11. The van der Waals surface area contributed by atoms with E-state index in [9.17, 15) is 13.2 Å². The predicted molar refractivity (Wildman–Crippen MR) is 69.1 cm³/mol. The van der Waals surface area contributed by atoms with Crippen molar-refractivity contribution in [2.24, 2.45) is 5.73 Å². The summed E-state index contributed by atoms with van der Waals surface area (Å²) in [6.45, 7) is 1.86. The Bertz CT molecular complexity index is 574. The van der Waals surface area contributed by atoms with Crippen molar-refractivity contribution in [3.63, 3.8) is 0 Å². The maximum absolute atomic E-state index is 13.1. The van der Waals surface area contributed by atoms with Crippen molar-refractivity contribution in [2.75, 3.05) is 0 Å². The van der Waals surface area contributed by atoms with E-state index in [2.05, 4.69) is 15.9 Å². The lowest BCUT2D eigenvalue weighted by Crippen LogP contribution is -2.13. The molecule has 0 aliphatic rings. The van der Waals surface area contributed by atoms with Crippen molar-refractivity contribution in [1.82, 2.24) is 0 Å². The third kappa shape index (κ3) is 2.46. The van der Waals surface area contributed by atoms with Crippen LogP contribution in [0.15, 0.2) is 22.0 Å². The summed E-state index contributed by atoms with van der Waals surface area (Å²) in [5.41, 5.74) is 6.92. The Morgan fingerprint density at radius 2 is 1.72 bits per heavy atom. The fourth-order valence-corrected chi connectivity index (χ4v) is 3.46. The lowest BCUT2D eigenvalue weighted by molar-refractivity contribution is 0.444. The lowest BCUT2D eigenvalue weighted by Gasteiger charge is -2.12. The molecule has 18 heavy (non-hydrogen) atoms. The second kappa shape index (κ2) is 5.03. The smallest absolute Gasteiger partial charge is 0.194 e. The quantitative estimate of drug-likeness (QED) is 0.814. The minimum atomic E-state index is -1.48. The summed E-state index contributed by atoms with van der Waals surface area (Å²) in [5, 5.41) is 0. The largest absolute Gasteiger partial charge is 0.320 e. The highest BCUT2D eigenvalue weighted by atomic mass is 79.9. The zero-order valence-corrected chi connectivity index (χ0v) is 11.7.